The number of halogens is 1. The highest BCUT2D eigenvalue weighted by Gasteiger charge is 2.03. The van der Waals surface area contributed by atoms with E-state index in [2.05, 4.69) is 20.9 Å². The van der Waals surface area contributed by atoms with Gasteiger partial charge in [-0.05, 0) is 6.07 Å². The highest BCUT2D eigenvalue weighted by molar-refractivity contribution is 9.10. The second kappa shape index (κ2) is 2.54. The molecule has 0 N–H and O–H groups in total. The lowest BCUT2D eigenvalue weighted by Crippen LogP contribution is -1.69. The van der Waals surface area contributed by atoms with Gasteiger partial charge in [-0.2, -0.15) is 0 Å². The number of aromatic nitrogens is 1. The van der Waals surface area contributed by atoms with Crippen LogP contribution in [0.3, 0.4) is 0 Å². The predicted molar refractivity (Wildman–Crippen MR) is 41.9 cm³/mol. The van der Waals surface area contributed by atoms with Crippen LogP contribution in [0, 0.1) is 0 Å². The van der Waals surface area contributed by atoms with Crippen LogP contribution in [0.5, 0.6) is 0 Å². The maximum absolute atomic E-state index is 4.95. The van der Waals surface area contributed by atoms with Crippen molar-refractivity contribution in [1.82, 2.24) is 4.98 Å². The van der Waals surface area contributed by atoms with Crippen LogP contribution >= 0.6 is 15.9 Å². The van der Waals surface area contributed by atoms with Gasteiger partial charge >= 0.3 is 0 Å². The molecule has 2 aromatic heterocycles. The Morgan fingerprint density at radius 3 is 2.82 bits per heavy atom. The molecule has 56 valence electrons. The fourth-order valence-corrected chi connectivity index (χ4v) is 1.08. The summed E-state index contributed by atoms with van der Waals surface area (Å²) in [7, 11) is 0. The minimum atomic E-state index is 0.480. The van der Waals surface area contributed by atoms with Crippen molar-refractivity contribution in [3.8, 4) is 11.3 Å². The Balaban J connectivity index is 2.45. The van der Waals surface area contributed by atoms with Gasteiger partial charge in [0, 0.05) is 21.5 Å². The molecule has 0 unspecified atom stereocenters. The van der Waals surface area contributed by atoms with E-state index in [1.54, 1.807) is 18.8 Å². The molecule has 2 rings (SSSR count). The normalized spacial score (nSPS) is 10.3. The van der Waals surface area contributed by atoms with Gasteiger partial charge in [0.05, 0.1) is 12.5 Å². The van der Waals surface area contributed by atoms with E-state index >= 15 is 0 Å². The number of oxazole rings is 1. The van der Waals surface area contributed by atoms with Gasteiger partial charge in [0.1, 0.15) is 12.0 Å². The van der Waals surface area contributed by atoms with Crippen LogP contribution in [0.2, 0.25) is 0 Å². The maximum atomic E-state index is 4.95. The van der Waals surface area contributed by atoms with Crippen LogP contribution in [-0.4, -0.2) is 4.98 Å². The topological polar surface area (TPSA) is 39.2 Å². The van der Waals surface area contributed by atoms with Gasteiger partial charge in [-0.25, -0.2) is 4.98 Å². The molecule has 0 amide bonds. The zero-order valence-electron chi connectivity index (χ0n) is 5.45. The summed E-state index contributed by atoms with van der Waals surface area (Å²) in [5.41, 5.74) is 1.69. The van der Waals surface area contributed by atoms with Crippen molar-refractivity contribution in [2.24, 2.45) is 0 Å². The molecular weight excluding hydrogens is 210 g/mol. The molecule has 0 saturated heterocycles. The number of hydrogen-bond acceptors (Lipinski definition) is 3. The molecular formula is C7H4BrNO2. The fourth-order valence-electron chi connectivity index (χ4n) is 0.795. The summed E-state index contributed by atoms with van der Waals surface area (Å²) in [6.07, 6.45) is 4.77. The third-order valence-electron chi connectivity index (χ3n) is 1.29. The molecule has 0 radical (unpaired) electrons. The average molecular weight is 214 g/mol. The second-order valence-corrected chi connectivity index (χ2v) is 2.68. The van der Waals surface area contributed by atoms with Crippen LogP contribution < -0.4 is 0 Å². The number of furan rings is 1. The first-order valence-electron chi connectivity index (χ1n) is 3.00. The highest BCUT2D eigenvalue weighted by atomic mass is 79.9. The standard InChI is InChI=1S/C7H4BrNO2/c8-7-9-6(4-11-7)5-1-2-10-3-5/h1-4H. The lowest BCUT2D eigenvalue weighted by Gasteiger charge is -1.81. The van der Waals surface area contributed by atoms with Gasteiger partial charge < -0.3 is 8.83 Å². The van der Waals surface area contributed by atoms with Gasteiger partial charge in [-0.1, -0.05) is 0 Å². The van der Waals surface area contributed by atoms with Crippen LogP contribution in [0.15, 0.2) is 38.5 Å². The lowest BCUT2D eigenvalue weighted by molar-refractivity contribution is 0.529. The van der Waals surface area contributed by atoms with Crippen LogP contribution in [0.4, 0.5) is 0 Å². The van der Waals surface area contributed by atoms with Crippen molar-refractivity contribution in [2.45, 2.75) is 0 Å². The molecule has 0 aliphatic rings. The van der Waals surface area contributed by atoms with E-state index in [1.807, 2.05) is 6.07 Å². The molecule has 2 aromatic rings. The van der Waals surface area contributed by atoms with Gasteiger partial charge in [-0.15, -0.1) is 0 Å². The molecule has 0 bridgehead atoms. The lowest BCUT2D eigenvalue weighted by atomic mass is 10.3. The largest absolute Gasteiger partial charge is 0.472 e. The maximum Gasteiger partial charge on any atom is 0.264 e. The van der Waals surface area contributed by atoms with Crippen molar-refractivity contribution in [3.05, 3.63) is 29.7 Å². The molecule has 0 spiro atoms. The summed E-state index contributed by atoms with van der Waals surface area (Å²) in [5, 5.41) is 0. The van der Waals surface area contributed by atoms with E-state index in [0.29, 0.717) is 4.80 Å². The first kappa shape index (κ1) is 6.67. The summed E-state index contributed by atoms with van der Waals surface area (Å²) in [4.78, 5) is 4.52. The molecule has 4 heteroatoms. The minimum Gasteiger partial charge on any atom is -0.472 e. The van der Waals surface area contributed by atoms with E-state index in [4.69, 9.17) is 8.83 Å². The number of hydrogen-bond donors (Lipinski definition) is 0. The fraction of sp³-hybridized carbons (Fsp3) is 0. The Labute approximate surface area is 71.2 Å². The summed E-state index contributed by atoms with van der Waals surface area (Å²) in [6.45, 7) is 0. The predicted octanol–water partition coefficient (Wildman–Crippen LogP) is 2.70. The van der Waals surface area contributed by atoms with Crippen molar-refractivity contribution >= 4 is 15.9 Å². The summed E-state index contributed by atoms with van der Waals surface area (Å²) in [6, 6.07) is 1.82. The van der Waals surface area contributed by atoms with E-state index in [0.717, 1.165) is 11.3 Å². The van der Waals surface area contributed by atoms with Crippen LogP contribution in [0.1, 0.15) is 0 Å². The first-order chi connectivity index (χ1) is 5.36. The van der Waals surface area contributed by atoms with Crippen molar-refractivity contribution in [2.75, 3.05) is 0 Å². The monoisotopic (exact) mass is 213 g/mol. The van der Waals surface area contributed by atoms with Crippen molar-refractivity contribution in [1.29, 1.82) is 0 Å². The third-order valence-corrected chi connectivity index (χ3v) is 1.66. The summed E-state index contributed by atoms with van der Waals surface area (Å²) in [5.74, 6) is 0. The molecule has 3 nitrogen and oxygen atoms in total. The van der Waals surface area contributed by atoms with E-state index < -0.39 is 0 Å². The molecule has 11 heavy (non-hydrogen) atoms. The second-order valence-electron chi connectivity index (χ2n) is 2.00. The zero-order valence-corrected chi connectivity index (χ0v) is 7.04. The Morgan fingerprint density at radius 2 is 2.27 bits per heavy atom. The molecule has 0 atom stereocenters. The molecule has 0 fully saturated rings. The van der Waals surface area contributed by atoms with Crippen LogP contribution in [-0.2, 0) is 0 Å². The number of rotatable bonds is 1. The molecule has 0 aromatic carbocycles. The van der Waals surface area contributed by atoms with E-state index in [-0.39, 0.29) is 0 Å². The smallest absolute Gasteiger partial charge is 0.264 e. The summed E-state index contributed by atoms with van der Waals surface area (Å²) < 4.78 is 9.83. The van der Waals surface area contributed by atoms with Gasteiger partial charge in [0.2, 0.25) is 0 Å². The van der Waals surface area contributed by atoms with Gasteiger partial charge in [0.15, 0.2) is 0 Å². The molecule has 0 aliphatic heterocycles. The Hall–Kier alpha value is -1.03. The van der Waals surface area contributed by atoms with Gasteiger partial charge in [0.25, 0.3) is 4.80 Å². The van der Waals surface area contributed by atoms with Crippen LogP contribution in [0.25, 0.3) is 11.3 Å². The zero-order chi connectivity index (χ0) is 7.68. The van der Waals surface area contributed by atoms with E-state index in [1.165, 1.54) is 0 Å². The third kappa shape index (κ3) is 1.21. The Kier molecular flexibility index (Phi) is 1.54. The molecule has 0 saturated carbocycles. The van der Waals surface area contributed by atoms with Crippen molar-refractivity contribution < 1.29 is 8.83 Å². The molecule has 0 aliphatic carbocycles. The highest BCUT2D eigenvalue weighted by Crippen LogP contribution is 2.20. The van der Waals surface area contributed by atoms with E-state index in [9.17, 15) is 0 Å². The summed E-state index contributed by atoms with van der Waals surface area (Å²) >= 11 is 3.11. The van der Waals surface area contributed by atoms with Crippen molar-refractivity contribution in [3.63, 3.8) is 0 Å². The Morgan fingerprint density at radius 1 is 1.36 bits per heavy atom. The Bertz CT molecular complexity index is 339. The number of nitrogens with zero attached hydrogens (tertiary/aromatic N) is 1. The minimum absolute atomic E-state index is 0.480. The SMILES string of the molecule is Brc1nc(-c2ccoc2)co1. The van der Waals surface area contributed by atoms with Gasteiger partial charge in [-0.3, -0.25) is 0 Å². The molecule has 2 heterocycles. The quantitative estimate of drug-likeness (QED) is 0.732. The average Bonchev–Trinajstić information content (AvgIpc) is 2.55. The first-order valence-corrected chi connectivity index (χ1v) is 3.79.